The molecule has 0 saturated heterocycles. The second-order valence-corrected chi connectivity index (χ2v) is 5.49. The fourth-order valence-electron chi connectivity index (χ4n) is 2.48. The van der Waals surface area contributed by atoms with Crippen molar-refractivity contribution in [3.8, 4) is 5.75 Å². The Morgan fingerprint density at radius 1 is 1.28 bits per heavy atom. The number of methoxy groups -OCH3 is 1. The Morgan fingerprint density at radius 2 is 1.92 bits per heavy atom. The summed E-state index contributed by atoms with van der Waals surface area (Å²) in [5.74, 6) is -4.35. The number of benzene rings is 1. The van der Waals surface area contributed by atoms with Crippen molar-refractivity contribution < 1.29 is 23.0 Å². The van der Waals surface area contributed by atoms with Gasteiger partial charge >= 0.3 is 5.97 Å². The van der Waals surface area contributed by atoms with Gasteiger partial charge < -0.3 is 14.8 Å². The van der Waals surface area contributed by atoms with Crippen LogP contribution < -0.4 is 10.1 Å². The van der Waals surface area contributed by atoms with Crippen molar-refractivity contribution in [1.82, 2.24) is 0 Å². The van der Waals surface area contributed by atoms with Crippen molar-refractivity contribution in [2.24, 2.45) is 5.92 Å². The molecular formula is C19H25F2NO3. The molecule has 0 heterocycles. The molecule has 1 aromatic rings. The lowest BCUT2D eigenvalue weighted by Crippen LogP contribution is -2.48. The summed E-state index contributed by atoms with van der Waals surface area (Å²) in [6.45, 7) is 8.71. The summed E-state index contributed by atoms with van der Waals surface area (Å²) in [4.78, 5) is 12.2. The van der Waals surface area contributed by atoms with Gasteiger partial charge in [-0.15, -0.1) is 13.2 Å². The number of carbonyl (C=O) groups excluding carboxylic acids is 1. The molecule has 0 spiro atoms. The third-order valence-electron chi connectivity index (χ3n) is 3.70. The first kappa shape index (κ1) is 20.7. The number of esters is 1. The summed E-state index contributed by atoms with van der Waals surface area (Å²) in [7, 11) is 1.52. The van der Waals surface area contributed by atoms with E-state index in [4.69, 9.17) is 9.47 Å². The Bertz CT molecular complexity index is 573. The summed E-state index contributed by atoms with van der Waals surface area (Å²) in [6.07, 6.45) is 2.08. The van der Waals surface area contributed by atoms with Crippen molar-refractivity contribution in [1.29, 1.82) is 0 Å². The van der Waals surface area contributed by atoms with Gasteiger partial charge in [-0.25, -0.2) is 8.78 Å². The number of allylic oxidation sites excluding steroid dienone is 2. The van der Waals surface area contributed by atoms with Gasteiger partial charge in [0.2, 0.25) is 0 Å². The van der Waals surface area contributed by atoms with Crippen LogP contribution in [0.2, 0.25) is 0 Å². The molecule has 1 N–H and O–H groups in total. The topological polar surface area (TPSA) is 47.6 Å². The van der Waals surface area contributed by atoms with E-state index in [0.717, 1.165) is 6.08 Å². The molecular weight excluding hydrogens is 328 g/mol. The van der Waals surface area contributed by atoms with Gasteiger partial charge in [-0.05, 0) is 37.6 Å². The van der Waals surface area contributed by atoms with Gasteiger partial charge in [0, 0.05) is 12.1 Å². The van der Waals surface area contributed by atoms with Crippen molar-refractivity contribution in [2.45, 2.75) is 31.7 Å². The minimum atomic E-state index is -3.19. The average molecular weight is 353 g/mol. The molecule has 0 aliphatic carbocycles. The lowest BCUT2D eigenvalue weighted by Gasteiger charge is -2.33. The second kappa shape index (κ2) is 9.81. The summed E-state index contributed by atoms with van der Waals surface area (Å²) < 4.78 is 39.4. The molecule has 1 aromatic carbocycles. The van der Waals surface area contributed by atoms with Crippen LogP contribution in [0.3, 0.4) is 0 Å². The van der Waals surface area contributed by atoms with Crippen LogP contribution in [0.1, 0.15) is 19.8 Å². The number of rotatable bonds is 11. The Labute approximate surface area is 147 Å². The van der Waals surface area contributed by atoms with Crippen molar-refractivity contribution >= 4 is 11.7 Å². The van der Waals surface area contributed by atoms with Gasteiger partial charge in [0.15, 0.2) is 0 Å². The number of halogens is 2. The number of alkyl halides is 2. The lowest BCUT2D eigenvalue weighted by molar-refractivity contribution is -0.152. The summed E-state index contributed by atoms with van der Waals surface area (Å²) in [5, 5.41) is 2.78. The van der Waals surface area contributed by atoms with E-state index in [0.29, 0.717) is 11.4 Å². The smallest absolute Gasteiger partial charge is 0.311 e. The van der Waals surface area contributed by atoms with Crippen LogP contribution in [0.25, 0.3) is 0 Å². The number of hydrogen-bond donors (Lipinski definition) is 1. The summed E-state index contributed by atoms with van der Waals surface area (Å²) in [6, 6.07) is 5.07. The second-order valence-electron chi connectivity index (χ2n) is 5.49. The largest absolute Gasteiger partial charge is 0.497 e. The van der Waals surface area contributed by atoms with E-state index in [1.54, 1.807) is 31.2 Å². The first-order valence-electron chi connectivity index (χ1n) is 8.06. The van der Waals surface area contributed by atoms with E-state index in [1.807, 2.05) is 0 Å². The van der Waals surface area contributed by atoms with Crippen molar-refractivity contribution in [3.05, 3.63) is 49.6 Å². The number of hydrogen-bond acceptors (Lipinski definition) is 4. The Morgan fingerprint density at radius 3 is 2.40 bits per heavy atom. The molecule has 0 fully saturated rings. The fraction of sp³-hybridized carbons (Fsp3) is 0.421. The number of nitrogens with one attached hydrogen (secondary N) is 1. The SMILES string of the molecule is C=CC[C@H](C(=O)OCC)[C@H](Nc1ccc(OC)cc1)C(F)(F)CC=C. The molecule has 0 aliphatic heterocycles. The minimum absolute atomic E-state index is 0.0688. The molecule has 0 aromatic heterocycles. The van der Waals surface area contributed by atoms with Crippen LogP contribution in [0.5, 0.6) is 5.75 Å². The van der Waals surface area contributed by atoms with E-state index < -0.39 is 30.3 Å². The highest BCUT2D eigenvalue weighted by Gasteiger charge is 2.46. The third kappa shape index (κ3) is 5.89. The quantitative estimate of drug-likeness (QED) is 0.472. The van der Waals surface area contributed by atoms with E-state index in [1.165, 1.54) is 13.2 Å². The highest BCUT2D eigenvalue weighted by molar-refractivity contribution is 5.74. The van der Waals surface area contributed by atoms with E-state index >= 15 is 0 Å². The van der Waals surface area contributed by atoms with Crippen LogP contribution in [-0.2, 0) is 9.53 Å². The van der Waals surface area contributed by atoms with E-state index in [-0.39, 0.29) is 13.0 Å². The van der Waals surface area contributed by atoms with Crippen LogP contribution in [0.4, 0.5) is 14.5 Å². The zero-order valence-electron chi connectivity index (χ0n) is 14.6. The van der Waals surface area contributed by atoms with Gasteiger partial charge in [-0.1, -0.05) is 12.2 Å². The first-order chi connectivity index (χ1) is 11.9. The van der Waals surface area contributed by atoms with Gasteiger partial charge in [-0.3, -0.25) is 4.79 Å². The summed E-state index contributed by atoms with van der Waals surface area (Å²) >= 11 is 0. The highest BCUT2D eigenvalue weighted by atomic mass is 19.3. The van der Waals surface area contributed by atoms with Gasteiger partial charge in [-0.2, -0.15) is 0 Å². The predicted octanol–water partition coefficient (Wildman–Crippen LogP) is 4.44. The third-order valence-corrected chi connectivity index (χ3v) is 3.70. The minimum Gasteiger partial charge on any atom is -0.497 e. The summed E-state index contributed by atoms with van der Waals surface area (Å²) in [5.41, 5.74) is 0.452. The maximum atomic E-state index is 14.7. The average Bonchev–Trinajstić information content (AvgIpc) is 2.58. The molecule has 2 atom stereocenters. The Kier molecular flexibility index (Phi) is 8.11. The fourth-order valence-corrected chi connectivity index (χ4v) is 2.48. The van der Waals surface area contributed by atoms with Crippen LogP contribution >= 0.6 is 0 Å². The molecule has 0 bridgehead atoms. The molecule has 0 unspecified atom stereocenters. The molecule has 0 saturated carbocycles. The molecule has 138 valence electrons. The van der Waals surface area contributed by atoms with E-state index in [9.17, 15) is 13.6 Å². The van der Waals surface area contributed by atoms with Gasteiger partial charge in [0.05, 0.1) is 19.6 Å². The molecule has 4 nitrogen and oxygen atoms in total. The normalized spacial score (nSPS) is 13.4. The van der Waals surface area contributed by atoms with Gasteiger partial charge in [0.25, 0.3) is 5.92 Å². The Hall–Kier alpha value is -2.37. The molecule has 0 amide bonds. The zero-order valence-corrected chi connectivity index (χ0v) is 14.6. The highest BCUT2D eigenvalue weighted by Crippen LogP contribution is 2.33. The van der Waals surface area contributed by atoms with E-state index in [2.05, 4.69) is 18.5 Å². The number of carbonyl (C=O) groups is 1. The standard InChI is InChI=1S/C19H25F2NO3/c1-5-8-16(18(23)25-7-3)17(19(20,21)13-6-2)22-14-9-11-15(24-4)12-10-14/h5-6,9-12,16-17,22H,1-2,7-8,13H2,3-4H3/t16-,17-/m0/s1. The maximum absolute atomic E-state index is 14.7. The monoisotopic (exact) mass is 353 g/mol. The van der Waals surface area contributed by atoms with Crippen LogP contribution in [-0.4, -0.2) is 31.7 Å². The first-order valence-corrected chi connectivity index (χ1v) is 8.06. The number of anilines is 1. The van der Waals surface area contributed by atoms with Crippen molar-refractivity contribution in [2.75, 3.05) is 19.0 Å². The molecule has 0 radical (unpaired) electrons. The maximum Gasteiger partial charge on any atom is 0.311 e. The molecule has 1 rings (SSSR count). The zero-order chi connectivity index (χ0) is 18.9. The van der Waals surface area contributed by atoms with Crippen LogP contribution in [0.15, 0.2) is 49.6 Å². The van der Waals surface area contributed by atoms with Gasteiger partial charge in [0.1, 0.15) is 11.8 Å². The predicted molar refractivity (Wildman–Crippen MR) is 95.1 cm³/mol. The number of ether oxygens (including phenoxy) is 2. The van der Waals surface area contributed by atoms with Crippen LogP contribution in [0, 0.1) is 5.92 Å². The van der Waals surface area contributed by atoms with Crippen molar-refractivity contribution in [3.63, 3.8) is 0 Å². The molecule has 6 heteroatoms. The lowest BCUT2D eigenvalue weighted by atomic mass is 9.89. The molecule has 0 aliphatic rings. The Balaban J connectivity index is 3.17. The molecule has 25 heavy (non-hydrogen) atoms.